The van der Waals surface area contributed by atoms with E-state index in [-0.39, 0.29) is 5.91 Å². The Bertz CT molecular complexity index is 1680. The summed E-state index contributed by atoms with van der Waals surface area (Å²) in [7, 11) is 4.67. The molecule has 0 saturated carbocycles. The van der Waals surface area contributed by atoms with Crippen molar-refractivity contribution in [1.29, 1.82) is 0 Å². The quantitative estimate of drug-likeness (QED) is 0.160. The maximum atomic E-state index is 12.4. The van der Waals surface area contributed by atoms with Crippen molar-refractivity contribution in [3.05, 3.63) is 77.9 Å². The number of anilines is 4. The van der Waals surface area contributed by atoms with Crippen molar-refractivity contribution in [2.24, 2.45) is 0 Å². The fourth-order valence-corrected chi connectivity index (χ4v) is 5.74. The third-order valence-electron chi connectivity index (χ3n) is 5.79. The van der Waals surface area contributed by atoms with Gasteiger partial charge in [0.15, 0.2) is 16.6 Å². The molecule has 12 heteroatoms. The van der Waals surface area contributed by atoms with E-state index < -0.39 is 0 Å². The van der Waals surface area contributed by atoms with Crippen LogP contribution < -0.4 is 30.6 Å². The molecule has 5 rings (SSSR count). The number of nitrogen functional groups attached to an aromatic ring is 1. The molecule has 0 unspecified atom stereocenters. The molecule has 0 aliphatic rings. The van der Waals surface area contributed by atoms with Crippen molar-refractivity contribution >= 4 is 57.0 Å². The number of benzene rings is 2. The minimum absolute atomic E-state index is 0.253. The van der Waals surface area contributed by atoms with Crippen LogP contribution in [0.25, 0.3) is 27.2 Å². The molecule has 5 aromatic rings. The van der Waals surface area contributed by atoms with E-state index in [0.717, 1.165) is 21.1 Å². The van der Waals surface area contributed by atoms with Crippen molar-refractivity contribution in [3.8, 4) is 38.4 Å². The lowest BCUT2D eigenvalue weighted by molar-refractivity contribution is -0.111. The predicted octanol–water partition coefficient (Wildman–Crippen LogP) is 6.33. The SMILES string of the molecule is COc1cc(Nc2nc(N)c(-c3nc(-c4cccc(NC(=O)C=Cc5ccccn5)c4)cs3)s2)cc(OC)c1OC. The number of carbonyl (C=O) groups excluding carboxylic acids is 1. The predicted molar refractivity (Wildman–Crippen MR) is 164 cm³/mol. The second kappa shape index (κ2) is 12.5. The number of methoxy groups -OCH3 is 3. The number of hydrogen-bond donors (Lipinski definition) is 3. The van der Waals surface area contributed by atoms with Gasteiger partial charge >= 0.3 is 0 Å². The average molecular weight is 587 g/mol. The Morgan fingerprint density at radius 2 is 1.76 bits per heavy atom. The summed E-state index contributed by atoms with van der Waals surface area (Å²) in [4.78, 5) is 26.6. The van der Waals surface area contributed by atoms with E-state index in [9.17, 15) is 4.79 Å². The van der Waals surface area contributed by atoms with Crippen molar-refractivity contribution in [3.63, 3.8) is 0 Å². The maximum absolute atomic E-state index is 12.4. The number of hydrogen-bond acceptors (Lipinski definition) is 11. The Morgan fingerprint density at radius 3 is 2.46 bits per heavy atom. The van der Waals surface area contributed by atoms with Gasteiger partial charge in [-0.2, -0.15) is 0 Å². The van der Waals surface area contributed by atoms with E-state index in [1.807, 2.05) is 47.8 Å². The summed E-state index contributed by atoms with van der Waals surface area (Å²) in [6.45, 7) is 0. The Hall–Kier alpha value is -4.94. The molecule has 3 heterocycles. The van der Waals surface area contributed by atoms with Crippen LogP contribution in [0.5, 0.6) is 17.2 Å². The average Bonchev–Trinajstić information content (AvgIpc) is 3.62. The topological polar surface area (TPSA) is 134 Å². The van der Waals surface area contributed by atoms with Crippen LogP contribution in [-0.2, 0) is 4.79 Å². The lowest BCUT2D eigenvalue weighted by atomic mass is 10.1. The summed E-state index contributed by atoms with van der Waals surface area (Å²) >= 11 is 2.85. The fourth-order valence-electron chi connectivity index (χ4n) is 3.90. The van der Waals surface area contributed by atoms with Crippen LogP contribution in [0, 0.1) is 0 Å². The fraction of sp³-hybridized carbons (Fsp3) is 0.103. The first-order chi connectivity index (χ1) is 20.0. The van der Waals surface area contributed by atoms with Crippen LogP contribution in [0.3, 0.4) is 0 Å². The molecule has 208 valence electrons. The lowest BCUT2D eigenvalue weighted by Gasteiger charge is -2.14. The molecule has 0 radical (unpaired) electrons. The van der Waals surface area contributed by atoms with E-state index in [0.29, 0.717) is 45.3 Å². The van der Waals surface area contributed by atoms with Crippen LogP contribution in [0.4, 0.5) is 22.3 Å². The molecule has 0 aliphatic carbocycles. The second-order valence-electron chi connectivity index (χ2n) is 8.47. The van der Waals surface area contributed by atoms with E-state index >= 15 is 0 Å². The number of ether oxygens (including phenoxy) is 3. The van der Waals surface area contributed by atoms with Crippen LogP contribution in [0.15, 0.2) is 72.3 Å². The van der Waals surface area contributed by atoms with E-state index in [1.54, 1.807) is 45.7 Å². The standard InChI is InChI=1S/C29H26N6O4S2/c1-37-22-14-20(15-23(38-2)25(22)39-3)33-29-35-27(30)26(41-29)28-34-21(16-40-28)17-7-6-9-19(13-17)32-24(36)11-10-18-8-4-5-12-31-18/h4-16H,30H2,1-3H3,(H,32,36)(H,33,35). The Kier molecular flexibility index (Phi) is 8.42. The minimum atomic E-state index is -0.253. The van der Waals surface area contributed by atoms with Crippen molar-refractivity contribution in [1.82, 2.24) is 15.0 Å². The van der Waals surface area contributed by atoms with Gasteiger partial charge in [-0.15, -0.1) is 11.3 Å². The zero-order valence-electron chi connectivity index (χ0n) is 22.4. The Balaban J connectivity index is 1.31. The Labute approximate surface area is 244 Å². The minimum Gasteiger partial charge on any atom is -0.493 e. The number of pyridine rings is 1. The van der Waals surface area contributed by atoms with E-state index in [2.05, 4.69) is 20.6 Å². The van der Waals surface area contributed by atoms with Crippen LogP contribution in [-0.4, -0.2) is 42.2 Å². The van der Waals surface area contributed by atoms with Gasteiger partial charge in [-0.1, -0.05) is 29.5 Å². The summed E-state index contributed by atoms with van der Waals surface area (Å²) in [5, 5.41) is 9.41. The summed E-state index contributed by atoms with van der Waals surface area (Å²) in [6, 6.07) is 16.6. The lowest BCUT2D eigenvalue weighted by Crippen LogP contribution is -2.07. The molecule has 0 atom stereocenters. The number of nitrogens with two attached hydrogens (primary N) is 1. The molecule has 2 aromatic carbocycles. The zero-order chi connectivity index (χ0) is 28.8. The smallest absolute Gasteiger partial charge is 0.248 e. The number of rotatable bonds is 10. The highest BCUT2D eigenvalue weighted by atomic mass is 32.1. The van der Waals surface area contributed by atoms with Gasteiger partial charge in [0.25, 0.3) is 0 Å². The first-order valence-corrected chi connectivity index (χ1v) is 14.0. The largest absolute Gasteiger partial charge is 0.493 e. The highest BCUT2D eigenvalue weighted by molar-refractivity contribution is 7.23. The van der Waals surface area contributed by atoms with Gasteiger partial charge in [-0.25, -0.2) is 9.97 Å². The molecule has 41 heavy (non-hydrogen) atoms. The highest BCUT2D eigenvalue weighted by Gasteiger charge is 2.18. The molecular formula is C29H26N6O4S2. The second-order valence-corrected chi connectivity index (χ2v) is 10.3. The third kappa shape index (κ3) is 6.45. The first-order valence-electron chi connectivity index (χ1n) is 12.3. The van der Waals surface area contributed by atoms with Gasteiger partial charge < -0.3 is 30.6 Å². The van der Waals surface area contributed by atoms with Crippen molar-refractivity contribution in [2.75, 3.05) is 37.7 Å². The van der Waals surface area contributed by atoms with Crippen molar-refractivity contribution in [2.45, 2.75) is 0 Å². The molecule has 0 fully saturated rings. The molecule has 0 bridgehead atoms. The monoisotopic (exact) mass is 586 g/mol. The van der Waals surface area contributed by atoms with Gasteiger partial charge in [0, 0.05) is 46.7 Å². The molecule has 1 amide bonds. The number of aromatic nitrogens is 3. The number of nitrogens with one attached hydrogen (secondary N) is 2. The summed E-state index contributed by atoms with van der Waals surface area (Å²) < 4.78 is 16.3. The molecule has 3 aromatic heterocycles. The summed E-state index contributed by atoms with van der Waals surface area (Å²) in [6.07, 6.45) is 4.79. The van der Waals surface area contributed by atoms with E-state index in [4.69, 9.17) is 24.9 Å². The summed E-state index contributed by atoms with van der Waals surface area (Å²) in [5.74, 6) is 1.65. The van der Waals surface area contributed by atoms with E-state index in [1.165, 1.54) is 28.7 Å². The molecular weight excluding hydrogens is 560 g/mol. The molecule has 0 aliphatic heterocycles. The number of thiazole rings is 2. The molecule has 4 N–H and O–H groups in total. The summed E-state index contributed by atoms with van der Waals surface area (Å²) in [5.41, 5.74) is 9.96. The number of carbonyl (C=O) groups is 1. The van der Waals surface area contributed by atoms with Gasteiger partial charge in [-0.05, 0) is 30.3 Å². The third-order valence-corrected chi connectivity index (χ3v) is 7.77. The van der Waals surface area contributed by atoms with Gasteiger partial charge in [0.2, 0.25) is 11.7 Å². The Morgan fingerprint density at radius 1 is 0.951 bits per heavy atom. The number of amides is 1. The zero-order valence-corrected chi connectivity index (χ0v) is 24.0. The normalized spacial score (nSPS) is 10.9. The highest BCUT2D eigenvalue weighted by Crippen LogP contribution is 2.43. The van der Waals surface area contributed by atoms with Gasteiger partial charge in [0.1, 0.15) is 15.7 Å². The molecule has 0 spiro atoms. The van der Waals surface area contributed by atoms with Crippen LogP contribution in [0.1, 0.15) is 5.69 Å². The van der Waals surface area contributed by atoms with Gasteiger partial charge in [0.05, 0.1) is 32.7 Å². The maximum Gasteiger partial charge on any atom is 0.248 e. The van der Waals surface area contributed by atoms with Gasteiger partial charge in [-0.3, -0.25) is 9.78 Å². The van der Waals surface area contributed by atoms with Crippen LogP contribution >= 0.6 is 22.7 Å². The van der Waals surface area contributed by atoms with Crippen molar-refractivity contribution < 1.29 is 19.0 Å². The molecule has 10 nitrogen and oxygen atoms in total. The first kappa shape index (κ1) is 27.6. The number of nitrogens with zero attached hydrogens (tertiary/aromatic N) is 3. The molecule has 0 saturated heterocycles. The van der Waals surface area contributed by atoms with Crippen LogP contribution in [0.2, 0.25) is 0 Å².